The van der Waals surface area contributed by atoms with E-state index in [-0.39, 0.29) is 6.04 Å². The zero-order valence-corrected chi connectivity index (χ0v) is 14.3. The van der Waals surface area contributed by atoms with Crippen LogP contribution in [0.25, 0.3) is 0 Å². The maximum absolute atomic E-state index is 5.87. The summed E-state index contributed by atoms with van der Waals surface area (Å²) in [6, 6.07) is 12.2. The van der Waals surface area contributed by atoms with Crippen LogP contribution in [-0.2, 0) is 17.8 Å². The summed E-state index contributed by atoms with van der Waals surface area (Å²) in [5.41, 5.74) is 4.29. The van der Waals surface area contributed by atoms with Crippen molar-refractivity contribution in [2.45, 2.75) is 26.0 Å². The normalized spacial score (nSPS) is 17.6. The predicted molar refractivity (Wildman–Crippen MR) is 93.0 cm³/mol. The number of aromatic nitrogens is 3. The van der Waals surface area contributed by atoms with Crippen LogP contribution in [0.5, 0.6) is 0 Å². The highest BCUT2D eigenvalue weighted by Crippen LogP contribution is 2.33. The molecular formula is C19H22N4O2. The van der Waals surface area contributed by atoms with Gasteiger partial charge in [0.05, 0.1) is 30.9 Å². The molecule has 6 heteroatoms. The monoisotopic (exact) mass is 338 g/mol. The average molecular weight is 338 g/mol. The molecule has 3 aromatic rings. The maximum Gasteiger partial charge on any atom is 0.160 e. The Morgan fingerprint density at radius 1 is 1.32 bits per heavy atom. The number of ether oxygens (including phenoxy) is 1. The van der Waals surface area contributed by atoms with Gasteiger partial charge in [-0.2, -0.15) is 0 Å². The zero-order valence-electron chi connectivity index (χ0n) is 14.3. The summed E-state index contributed by atoms with van der Waals surface area (Å²) in [6.45, 7) is 5.00. The standard InChI is InChI=1S/C19H22N4O2/c1-14-11-17(25-22-14)19-18-16(20-13-21-18)7-8-23(19)9-10-24-12-15-5-3-2-4-6-15/h2-6,11,13,19H,7-10,12H2,1H3,(H,20,21)/t19-/m0/s1. The molecule has 0 bridgehead atoms. The van der Waals surface area contributed by atoms with Crippen molar-refractivity contribution in [3.63, 3.8) is 0 Å². The Morgan fingerprint density at radius 2 is 2.20 bits per heavy atom. The molecule has 130 valence electrons. The third-order valence-electron chi connectivity index (χ3n) is 4.57. The van der Waals surface area contributed by atoms with Gasteiger partial charge in [-0.15, -0.1) is 0 Å². The maximum atomic E-state index is 5.87. The van der Waals surface area contributed by atoms with Crippen molar-refractivity contribution in [2.75, 3.05) is 19.7 Å². The first-order valence-electron chi connectivity index (χ1n) is 8.62. The Balaban J connectivity index is 1.43. The minimum atomic E-state index is -0.00322. The molecule has 0 saturated heterocycles. The molecule has 25 heavy (non-hydrogen) atoms. The quantitative estimate of drug-likeness (QED) is 0.700. The Labute approximate surface area is 146 Å². The molecule has 1 aromatic carbocycles. The summed E-state index contributed by atoms with van der Waals surface area (Å²) in [4.78, 5) is 10.1. The van der Waals surface area contributed by atoms with E-state index in [1.165, 1.54) is 11.3 Å². The number of aromatic amines is 1. The van der Waals surface area contributed by atoms with Gasteiger partial charge in [0.2, 0.25) is 0 Å². The van der Waals surface area contributed by atoms with Crippen LogP contribution in [0, 0.1) is 6.92 Å². The van der Waals surface area contributed by atoms with Gasteiger partial charge in [0.25, 0.3) is 0 Å². The first kappa shape index (κ1) is 16.1. The van der Waals surface area contributed by atoms with Crippen LogP contribution >= 0.6 is 0 Å². The minimum Gasteiger partial charge on any atom is -0.375 e. The van der Waals surface area contributed by atoms with Crippen molar-refractivity contribution in [1.82, 2.24) is 20.0 Å². The molecule has 2 aromatic heterocycles. The highest BCUT2D eigenvalue weighted by molar-refractivity contribution is 5.27. The molecule has 0 aliphatic carbocycles. The van der Waals surface area contributed by atoms with Crippen molar-refractivity contribution in [3.05, 3.63) is 71.1 Å². The SMILES string of the molecule is Cc1cc([C@H]2c3nc[nH]c3CCN2CCOCc2ccccc2)on1. The van der Waals surface area contributed by atoms with E-state index in [4.69, 9.17) is 9.26 Å². The van der Waals surface area contributed by atoms with Crippen molar-refractivity contribution < 1.29 is 9.26 Å². The first-order chi connectivity index (χ1) is 12.3. The number of aryl methyl sites for hydroxylation is 1. The summed E-state index contributed by atoms with van der Waals surface area (Å²) in [7, 11) is 0. The summed E-state index contributed by atoms with van der Waals surface area (Å²) < 4.78 is 11.4. The van der Waals surface area contributed by atoms with Gasteiger partial charge >= 0.3 is 0 Å². The number of hydrogen-bond acceptors (Lipinski definition) is 5. The molecule has 3 heterocycles. The Morgan fingerprint density at radius 3 is 3.00 bits per heavy atom. The molecule has 6 nitrogen and oxygen atoms in total. The molecule has 0 fully saturated rings. The number of benzene rings is 1. The average Bonchev–Trinajstić information content (AvgIpc) is 3.28. The fraction of sp³-hybridized carbons (Fsp3) is 0.368. The van der Waals surface area contributed by atoms with Crippen molar-refractivity contribution >= 4 is 0 Å². The number of rotatable bonds is 6. The van der Waals surface area contributed by atoms with Crippen LogP contribution in [-0.4, -0.2) is 39.7 Å². The van der Waals surface area contributed by atoms with E-state index < -0.39 is 0 Å². The lowest BCUT2D eigenvalue weighted by Gasteiger charge is -2.33. The summed E-state index contributed by atoms with van der Waals surface area (Å²) in [5.74, 6) is 0.841. The van der Waals surface area contributed by atoms with Gasteiger partial charge in [-0.05, 0) is 12.5 Å². The van der Waals surface area contributed by atoms with E-state index in [1.54, 1.807) is 6.33 Å². The number of hydrogen-bond donors (Lipinski definition) is 1. The van der Waals surface area contributed by atoms with Gasteiger partial charge in [-0.3, -0.25) is 4.90 Å². The number of fused-ring (bicyclic) bond motifs is 1. The number of imidazole rings is 1. The molecular weight excluding hydrogens is 316 g/mol. The summed E-state index contributed by atoms with van der Waals surface area (Å²) in [6.07, 6.45) is 2.72. The molecule has 1 atom stereocenters. The van der Waals surface area contributed by atoms with E-state index in [2.05, 4.69) is 32.2 Å². The molecule has 0 amide bonds. The summed E-state index contributed by atoms with van der Waals surface area (Å²) >= 11 is 0. The predicted octanol–water partition coefficient (Wildman–Crippen LogP) is 2.87. The van der Waals surface area contributed by atoms with E-state index in [0.29, 0.717) is 13.2 Å². The van der Waals surface area contributed by atoms with E-state index >= 15 is 0 Å². The summed E-state index contributed by atoms with van der Waals surface area (Å²) in [5, 5.41) is 4.05. The molecule has 0 unspecified atom stereocenters. The number of H-pyrrole nitrogens is 1. The first-order valence-corrected chi connectivity index (χ1v) is 8.62. The third kappa shape index (κ3) is 3.50. The molecule has 4 rings (SSSR count). The third-order valence-corrected chi connectivity index (χ3v) is 4.57. The van der Waals surface area contributed by atoms with Crippen LogP contribution < -0.4 is 0 Å². The lowest BCUT2D eigenvalue weighted by atomic mass is 10.0. The van der Waals surface area contributed by atoms with Crippen molar-refractivity contribution in [1.29, 1.82) is 0 Å². The van der Waals surface area contributed by atoms with Gasteiger partial charge in [-0.1, -0.05) is 35.5 Å². The van der Waals surface area contributed by atoms with Crippen LogP contribution in [0.3, 0.4) is 0 Å². The number of nitrogens with zero attached hydrogens (tertiary/aromatic N) is 3. The van der Waals surface area contributed by atoms with Gasteiger partial charge in [0, 0.05) is 31.3 Å². The second-order valence-electron chi connectivity index (χ2n) is 6.36. The highest BCUT2D eigenvalue weighted by Gasteiger charge is 2.33. The Hall–Kier alpha value is -2.44. The molecule has 1 N–H and O–H groups in total. The van der Waals surface area contributed by atoms with Crippen LogP contribution in [0.1, 0.15) is 34.4 Å². The second kappa shape index (κ2) is 7.21. The van der Waals surface area contributed by atoms with Crippen molar-refractivity contribution in [2.24, 2.45) is 0 Å². The molecule has 1 aliphatic rings. The lowest BCUT2D eigenvalue weighted by Crippen LogP contribution is -2.38. The van der Waals surface area contributed by atoms with Gasteiger partial charge < -0.3 is 14.2 Å². The van der Waals surface area contributed by atoms with Gasteiger partial charge in [0.1, 0.15) is 6.04 Å². The van der Waals surface area contributed by atoms with Gasteiger partial charge in [-0.25, -0.2) is 4.98 Å². The highest BCUT2D eigenvalue weighted by atomic mass is 16.5. The van der Waals surface area contributed by atoms with E-state index in [1.807, 2.05) is 31.2 Å². The Bertz CT molecular complexity index is 812. The Kier molecular flexibility index (Phi) is 4.63. The second-order valence-corrected chi connectivity index (χ2v) is 6.36. The minimum absolute atomic E-state index is 0.00322. The molecule has 0 radical (unpaired) electrons. The zero-order chi connectivity index (χ0) is 17.1. The van der Waals surface area contributed by atoms with E-state index in [9.17, 15) is 0 Å². The van der Waals surface area contributed by atoms with E-state index in [0.717, 1.165) is 36.7 Å². The fourth-order valence-corrected chi connectivity index (χ4v) is 3.34. The van der Waals surface area contributed by atoms with Crippen LogP contribution in [0.4, 0.5) is 0 Å². The van der Waals surface area contributed by atoms with Crippen molar-refractivity contribution in [3.8, 4) is 0 Å². The topological polar surface area (TPSA) is 67.2 Å². The molecule has 0 saturated carbocycles. The molecule has 1 aliphatic heterocycles. The molecule has 0 spiro atoms. The smallest absolute Gasteiger partial charge is 0.160 e. The van der Waals surface area contributed by atoms with Crippen LogP contribution in [0.2, 0.25) is 0 Å². The van der Waals surface area contributed by atoms with Crippen LogP contribution in [0.15, 0.2) is 47.2 Å². The fourth-order valence-electron chi connectivity index (χ4n) is 3.34. The largest absolute Gasteiger partial charge is 0.375 e. The lowest BCUT2D eigenvalue weighted by molar-refractivity contribution is 0.0746. The van der Waals surface area contributed by atoms with Gasteiger partial charge in [0.15, 0.2) is 5.76 Å². The number of nitrogens with one attached hydrogen (secondary N) is 1.